The van der Waals surface area contributed by atoms with Gasteiger partial charge in [0.1, 0.15) is 0 Å². The first-order chi connectivity index (χ1) is 7.27. The first-order valence-electron chi connectivity index (χ1n) is 5.68. The fourth-order valence-corrected chi connectivity index (χ4v) is 2.45. The van der Waals surface area contributed by atoms with Crippen LogP contribution < -0.4 is 5.48 Å². The third-order valence-corrected chi connectivity index (χ3v) is 3.53. The average Bonchev–Trinajstić information content (AvgIpc) is 2.88. The van der Waals surface area contributed by atoms with Gasteiger partial charge in [0.2, 0.25) is 0 Å². The molecule has 0 radical (unpaired) electrons. The highest BCUT2D eigenvalue weighted by Crippen LogP contribution is 2.42. The van der Waals surface area contributed by atoms with E-state index in [0.717, 1.165) is 12.5 Å². The molecule has 0 aliphatic heterocycles. The van der Waals surface area contributed by atoms with E-state index in [1.807, 2.05) is 11.3 Å². The lowest BCUT2D eigenvalue weighted by molar-refractivity contribution is -0.00386. The molecule has 0 saturated heterocycles. The molecule has 0 spiro atoms. The SMILES string of the molecule is CC(C)CONC(c1cccs1)C1CC1. The maximum Gasteiger partial charge on any atom is 0.0705 e. The molecular formula is C12H19NOS. The van der Waals surface area contributed by atoms with Crippen LogP contribution in [0.5, 0.6) is 0 Å². The molecule has 2 nitrogen and oxygen atoms in total. The van der Waals surface area contributed by atoms with Crippen LogP contribution in [-0.4, -0.2) is 6.61 Å². The van der Waals surface area contributed by atoms with Crippen LogP contribution in [0.4, 0.5) is 0 Å². The monoisotopic (exact) mass is 225 g/mol. The normalized spacial score (nSPS) is 18.3. The molecule has 1 aromatic heterocycles. The van der Waals surface area contributed by atoms with Crippen LogP contribution in [0.15, 0.2) is 17.5 Å². The standard InChI is InChI=1S/C12H19NOS/c1-9(2)8-14-13-12(10-5-6-10)11-4-3-7-15-11/h3-4,7,9-10,12-13H,5-6,8H2,1-2H3. The molecule has 1 saturated carbocycles. The Morgan fingerprint density at radius 1 is 1.53 bits per heavy atom. The van der Waals surface area contributed by atoms with Crippen molar-refractivity contribution >= 4 is 11.3 Å². The molecule has 84 valence electrons. The van der Waals surface area contributed by atoms with Crippen molar-refractivity contribution in [2.45, 2.75) is 32.7 Å². The van der Waals surface area contributed by atoms with E-state index in [1.54, 1.807) is 0 Å². The van der Waals surface area contributed by atoms with Gasteiger partial charge in [-0.2, -0.15) is 5.48 Å². The van der Waals surface area contributed by atoms with Gasteiger partial charge in [0.05, 0.1) is 12.6 Å². The fourth-order valence-electron chi connectivity index (χ4n) is 1.59. The quantitative estimate of drug-likeness (QED) is 0.749. The summed E-state index contributed by atoms with van der Waals surface area (Å²) < 4.78 is 0. The zero-order valence-electron chi connectivity index (χ0n) is 9.40. The summed E-state index contributed by atoms with van der Waals surface area (Å²) in [6.07, 6.45) is 2.67. The smallest absolute Gasteiger partial charge is 0.0705 e. The minimum atomic E-state index is 0.420. The molecular weight excluding hydrogens is 206 g/mol. The summed E-state index contributed by atoms with van der Waals surface area (Å²) in [6.45, 7) is 5.12. The third-order valence-electron chi connectivity index (χ3n) is 2.57. The number of nitrogens with one attached hydrogen (secondary N) is 1. The van der Waals surface area contributed by atoms with Crippen molar-refractivity contribution in [3.05, 3.63) is 22.4 Å². The number of rotatable bonds is 6. The Labute approximate surface area is 95.6 Å². The van der Waals surface area contributed by atoms with E-state index in [1.165, 1.54) is 17.7 Å². The summed E-state index contributed by atoms with van der Waals surface area (Å²) in [7, 11) is 0. The Bertz CT molecular complexity index is 280. The predicted octanol–water partition coefficient (Wildman–Crippen LogP) is 3.38. The van der Waals surface area contributed by atoms with Gasteiger partial charge in [-0.15, -0.1) is 11.3 Å². The largest absolute Gasteiger partial charge is 0.301 e. The van der Waals surface area contributed by atoms with E-state index in [4.69, 9.17) is 4.84 Å². The first kappa shape index (κ1) is 11.1. The van der Waals surface area contributed by atoms with Crippen LogP contribution in [-0.2, 0) is 4.84 Å². The van der Waals surface area contributed by atoms with Gasteiger partial charge in [0.15, 0.2) is 0 Å². The molecule has 1 atom stereocenters. The Morgan fingerprint density at radius 2 is 2.33 bits per heavy atom. The Balaban J connectivity index is 1.84. The summed E-state index contributed by atoms with van der Waals surface area (Å²) in [5.74, 6) is 1.37. The second-order valence-corrected chi connectivity index (χ2v) is 5.63. The van der Waals surface area contributed by atoms with Gasteiger partial charge in [-0.25, -0.2) is 0 Å². The summed E-state index contributed by atoms with van der Waals surface area (Å²) in [4.78, 5) is 6.94. The van der Waals surface area contributed by atoms with E-state index < -0.39 is 0 Å². The van der Waals surface area contributed by atoms with Crippen LogP contribution in [0.2, 0.25) is 0 Å². The molecule has 1 aliphatic rings. The minimum absolute atomic E-state index is 0.420. The third kappa shape index (κ3) is 3.30. The summed E-state index contributed by atoms with van der Waals surface area (Å²) in [5, 5.41) is 2.13. The van der Waals surface area contributed by atoms with Gasteiger partial charge in [-0.1, -0.05) is 19.9 Å². The average molecular weight is 225 g/mol. The summed E-state index contributed by atoms with van der Waals surface area (Å²) in [6, 6.07) is 4.72. The highest BCUT2D eigenvalue weighted by Gasteiger charge is 2.33. The van der Waals surface area contributed by atoms with Crippen molar-refractivity contribution in [1.29, 1.82) is 0 Å². The first-order valence-corrected chi connectivity index (χ1v) is 6.56. The molecule has 1 aromatic rings. The maximum atomic E-state index is 5.54. The van der Waals surface area contributed by atoms with Gasteiger partial charge in [-0.05, 0) is 36.1 Å². The molecule has 15 heavy (non-hydrogen) atoms. The minimum Gasteiger partial charge on any atom is -0.301 e. The van der Waals surface area contributed by atoms with Crippen molar-refractivity contribution in [3.63, 3.8) is 0 Å². The molecule has 3 heteroatoms. The second-order valence-electron chi connectivity index (χ2n) is 4.65. The van der Waals surface area contributed by atoms with Gasteiger partial charge >= 0.3 is 0 Å². The van der Waals surface area contributed by atoms with Crippen LogP contribution in [0, 0.1) is 11.8 Å². The van der Waals surface area contributed by atoms with E-state index in [-0.39, 0.29) is 0 Å². The molecule has 1 unspecified atom stereocenters. The van der Waals surface area contributed by atoms with Gasteiger partial charge in [-0.3, -0.25) is 0 Å². The lowest BCUT2D eigenvalue weighted by Crippen LogP contribution is -2.24. The van der Waals surface area contributed by atoms with Crippen molar-refractivity contribution in [1.82, 2.24) is 5.48 Å². The zero-order valence-corrected chi connectivity index (χ0v) is 10.2. The highest BCUT2D eigenvalue weighted by atomic mass is 32.1. The maximum absolute atomic E-state index is 5.54. The molecule has 1 N–H and O–H groups in total. The van der Waals surface area contributed by atoms with E-state index in [2.05, 4.69) is 36.8 Å². The lowest BCUT2D eigenvalue weighted by Gasteiger charge is -2.17. The molecule has 1 aliphatic carbocycles. The number of hydrogen-bond acceptors (Lipinski definition) is 3. The van der Waals surface area contributed by atoms with Gasteiger partial charge in [0, 0.05) is 4.88 Å². The van der Waals surface area contributed by atoms with Gasteiger partial charge < -0.3 is 4.84 Å². The molecule has 0 amide bonds. The molecule has 2 rings (SSSR count). The molecule has 0 aromatic carbocycles. The zero-order chi connectivity index (χ0) is 10.7. The molecule has 1 fully saturated rings. The van der Waals surface area contributed by atoms with E-state index >= 15 is 0 Å². The Kier molecular flexibility index (Phi) is 3.78. The van der Waals surface area contributed by atoms with Crippen molar-refractivity contribution in [3.8, 4) is 0 Å². The molecule has 1 heterocycles. The van der Waals surface area contributed by atoms with Crippen LogP contribution in [0.3, 0.4) is 0 Å². The second kappa shape index (κ2) is 5.10. The number of hydrogen-bond donors (Lipinski definition) is 1. The predicted molar refractivity (Wildman–Crippen MR) is 63.7 cm³/mol. The lowest BCUT2D eigenvalue weighted by atomic mass is 10.1. The Morgan fingerprint density at radius 3 is 2.87 bits per heavy atom. The van der Waals surface area contributed by atoms with Gasteiger partial charge in [0.25, 0.3) is 0 Å². The summed E-state index contributed by atoms with van der Waals surface area (Å²) in [5.41, 5.74) is 3.23. The van der Waals surface area contributed by atoms with Crippen molar-refractivity contribution in [2.24, 2.45) is 11.8 Å². The van der Waals surface area contributed by atoms with E-state index in [0.29, 0.717) is 12.0 Å². The molecule has 0 bridgehead atoms. The van der Waals surface area contributed by atoms with Crippen molar-refractivity contribution in [2.75, 3.05) is 6.61 Å². The van der Waals surface area contributed by atoms with Crippen molar-refractivity contribution < 1.29 is 4.84 Å². The Hall–Kier alpha value is -0.380. The van der Waals surface area contributed by atoms with E-state index in [9.17, 15) is 0 Å². The highest BCUT2D eigenvalue weighted by molar-refractivity contribution is 7.10. The van der Waals surface area contributed by atoms with Crippen LogP contribution in [0.1, 0.15) is 37.6 Å². The van der Waals surface area contributed by atoms with Crippen LogP contribution in [0.25, 0.3) is 0 Å². The topological polar surface area (TPSA) is 21.3 Å². The van der Waals surface area contributed by atoms with Crippen LogP contribution >= 0.6 is 11.3 Å². The summed E-state index contributed by atoms with van der Waals surface area (Å²) >= 11 is 1.82. The fraction of sp³-hybridized carbons (Fsp3) is 0.667. The number of hydroxylamine groups is 1. The number of thiophene rings is 1.